The summed E-state index contributed by atoms with van der Waals surface area (Å²) < 4.78 is 8.26. The molecule has 1 aromatic carbocycles. The molecule has 0 spiro atoms. The van der Waals surface area contributed by atoms with E-state index in [9.17, 15) is 4.79 Å². The van der Waals surface area contributed by atoms with Crippen LogP contribution >= 0.6 is 15.9 Å². The number of halogens is 1. The molecule has 0 aliphatic carbocycles. The SMILES string of the molecule is Cc1ccc(C)n1NC(=O)c1cc2cc(Br)ccc2o1. The molecule has 102 valence electrons. The lowest BCUT2D eigenvalue weighted by molar-refractivity contribution is 0.0983. The van der Waals surface area contributed by atoms with Crippen molar-refractivity contribution in [1.29, 1.82) is 0 Å². The van der Waals surface area contributed by atoms with Crippen LogP contribution in [0.5, 0.6) is 0 Å². The molecular formula is C15H13BrN2O2. The van der Waals surface area contributed by atoms with Crippen molar-refractivity contribution < 1.29 is 9.21 Å². The highest BCUT2D eigenvalue weighted by Gasteiger charge is 2.14. The Morgan fingerprint density at radius 3 is 2.55 bits per heavy atom. The molecule has 0 saturated heterocycles. The number of nitrogens with one attached hydrogen (secondary N) is 1. The minimum Gasteiger partial charge on any atom is -0.451 e. The van der Waals surface area contributed by atoms with Gasteiger partial charge in [0, 0.05) is 21.2 Å². The van der Waals surface area contributed by atoms with E-state index in [-0.39, 0.29) is 5.91 Å². The number of carbonyl (C=O) groups is 1. The monoisotopic (exact) mass is 332 g/mol. The van der Waals surface area contributed by atoms with Crippen LogP contribution in [0.15, 0.2) is 45.3 Å². The van der Waals surface area contributed by atoms with Gasteiger partial charge >= 0.3 is 5.91 Å². The van der Waals surface area contributed by atoms with Gasteiger partial charge in [-0.2, -0.15) is 0 Å². The summed E-state index contributed by atoms with van der Waals surface area (Å²) in [7, 11) is 0. The number of hydrogen-bond acceptors (Lipinski definition) is 2. The summed E-state index contributed by atoms with van der Waals surface area (Å²) in [5.41, 5.74) is 5.45. The fourth-order valence-corrected chi connectivity index (χ4v) is 2.51. The minimum absolute atomic E-state index is 0.264. The third-order valence-electron chi connectivity index (χ3n) is 3.19. The molecule has 0 aliphatic rings. The van der Waals surface area contributed by atoms with Crippen molar-refractivity contribution in [3.05, 3.63) is 58.0 Å². The number of benzene rings is 1. The Morgan fingerprint density at radius 1 is 1.15 bits per heavy atom. The molecule has 4 nitrogen and oxygen atoms in total. The second-order valence-electron chi connectivity index (χ2n) is 4.69. The number of furan rings is 1. The average Bonchev–Trinajstić information content (AvgIpc) is 2.96. The Hall–Kier alpha value is -2.01. The molecule has 0 aliphatic heterocycles. The summed E-state index contributed by atoms with van der Waals surface area (Å²) in [6.07, 6.45) is 0. The first kappa shape index (κ1) is 13.0. The number of amides is 1. The molecule has 0 radical (unpaired) electrons. The molecule has 0 bridgehead atoms. The topological polar surface area (TPSA) is 47.2 Å². The molecule has 0 unspecified atom stereocenters. The lowest BCUT2D eigenvalue weighted by Crippen LogP contribution is -2.24. The van der Waals surface area contributed by atoms with Crippen molar-refractivity contribution in [2.75, 3.05) is 5.43 Å². The predicted octanol–water partition coefficient (Wildman–Crippen LogP) is 4.00. The predicted molar refractivity (Wildman–Crippen MR) is 81.5 cm³/mol. The van der Waals surface area contributed by atoms with E-state index < -0.39 is 0 Å². The Morgan fingerprint density at radius 2 is 1.85 bits per heavy atom. The van der Waals surface area contributed by atoms with E-state index in [1.54, 1.807) is 10.7 Å². The van der Waals surface area contributed by atoms with E-state index in [0.717, 1.165) is 21.2 Å². The van der Waals surface area contributed by atoms with E-state index in [2.05, 4.69) is 21.4 Å². The Kier molecular flexibility index (Phi) is 3.14. The molecule has 3 aromatic rings. The highest BCUT2D eigenvalue weighted by atomic mass is 79.9. The maximum Gasteiger partial charge on any atom is 0.305 e. The molecule has 3 rings (SSSR count). The molecule has 2 heterocycles. The molecule has 1 N–H and O–H groups in total. The second-order valence-corrected chi connectivity index (χ2v) is 5.60. The van der Waals surface area contributed by atoms with Gasteiger partial charge in [-0.05, 0) is 50.2 Å². The van der Waals surface area contributed by atoms with Crippen molar-refractivity contribution in [2.45, 2.75) is 13.8 Å². The molecular weight excluding hydrogens is 320 g/mol. The number of hydrogen-bond donors (Lipinski definition) is 1. The maximum atomic E-state index is 12.2. The normalized spacial score (nSPS) is 10.9. The van der Waals surface area contributed by atoms with E-state index in [4.69, 9.17) is 4.42 Å². The van der Waals surface area contributed by atoms with Crippen LogP contribution < -0.4 is 5.43 Å². The van der Waals surface area contributed by atoms with E-state index >= 15 is 0 Å². The molecule has 1 amide bonds. The van der Waals surface area contributed by atoms with Gasteiger partial charge in [0.1, 0.15) is 5.58 Å². The summed E-state index contributed by atoms with van der Waals surface area (Å²) in [6, 6.07) is 11.3. The Bertz CT molecular complexity index is 782. The van der Waals surface area contributed by atoms with Crippen molar-refractivity contribution >= 4 is 32.8 Å². The highest BCUT2D eigenvalue weighted by molar-refractivity contribution is 9.10. The van der Waals surface area contributed by atoms with Crippen molar-refractivity contribution in [3.8, 4) is 0 Å². The lowest BCUT2D eigenvalue weighted by atomic mass is 10.2. The zero-order chi connectivity index (χ0) is 14.3. The summed E-state index contributed by atoms with van der Waals surface area (Å²) >= 11 is 3.40. The number of fused-ring (bicyclic) bond motifs is 1. The quantitative estimate of drug-likeness (QED) is 0.771. The first-order valence-electron chi connectivity index (χ1n) is 6.20. The van der Waals surface area contributed by atoms with Gasteiger partial charge in [-0.25, -0.2) is 0 Å². The van der Waals surface area contributed by atoms with Gasteiger partial charge in [0.2, 0.25) is 0 Å². The molecule has 0 atom stereocenters. The van der Waals surface area contributed by atoms with Crippen LogP contribution in [-0.4, -0.2) is 10.6 Å². The van der Waals surface area contributed by atoms with Crippen LogP contribution in [0.3, 0.4) is 0 Å². The minimum atomic E-state index is -0.264. The lowest BCUT2D eigenvalue weighted by Gasteiger charge is -2.09. The number of aromatic nitrogens is 1. The van der Waals surface area contributed by atoms with Crippen LogP contribution in [0.4, 0.5) is 0 Å². The van der Waals surface area contributed by atoms with E-state index in [1.165, 1.54) is 0 Å². The number of rotatable bonds is 2. The Labute approximate surface area is 124 Å². The van der Waals surface area contributed by atoms with E-state index in [0.29, 0.717) is 11.3 Å². The third-order valence-corrected chi connectivity index (χ3v) is 3.68. The molecule has 0 saturated carbocycles. The van der Waals surface area contributed by atoms with E-state index in [1.807, 2.05) is 44.2 Å². The van der Waals surface area contributed by atoms with Gasteiger partial charge in [0.05, 0.1) is 0 Å². The number of nitrogens with zero attached hydrogens (tertiary/aromatic N) is 1. The fraction of sp³-hybridized carbons (Fsp3) is 0.133. The number of aryl methyl sites for hydroxylation is 2. The molecule has 0 fully saturated rings. The summed E-state index contributed by atoms with van der Waals surface area (Å²) in [6.45, 7) is 3.87. The van der Waals surface area contributed by atoms with Gasteiger partial charge in [-0.3, -0.25) is 14.9 Å². The second kappa shape index (κ2) is 4.83. The average molecular weight is 333 g/mol. The van der Waals surface area contributed by atoms with Crippen LogP contribution in [0.1, 0.15) is 21.9 Å². The smallest absolute Gasteiger partial charge is 0.305 e. The zero-order valence-corrected chi connectivity index (χ0v) is 12.7. The first-order valence-corrected chi connectivity index (χ1v) is 6.99. The maximum absolute atomic E-state index is 12.2. The fourth-order valence-electron chi connectivity index (χ4n) is 2.13. The molecule has 20 heavy (non-hydrogen) atoms. The van der Waals surface area contributed by atoms with Crippen molar-refractivity contribution in [3.63, 3.8) is 0 Å². The summed E-state index contributed by atoms with van der Waals surface area (Å²) in [4.78, 5) is 12.2. The zero-order valence-electron chi connectivity index (χ0n) is 11.1. The molecule has 5 heteroatoms. The van der Waals surface area contributed by atoms with Gasteiger partial charge in [0.25, 0.3) is 0 Å². The molecule has 2 aromatic heterocycles. The van der Waals surface area contributed by atoms with Crippen molar-refractivity contribution in [1.82, 2.24) is 4.68 Å². The van der Waals surface area contributed by atoms with Crippen LogP contribution in [0.25, 0.3) is 11.0 Å². The number of carbonyl (C=O) groups excluding carboxylic acids is 1. The first-order chi connectivity index (χ1) is 9.54. The summed E-state index contributed by atoms with van der Waals surface area (Å²) in [5, 5.41) is 0.894. The largest absolute Gasteiger partial charge is 0.451 e. The highest BCUT2D eigenvalue weighted by Crippen LogP contribution is 2.23. The third kappa shape index (κ3) is 2.25. The van der Waals surface area contributed by atoms with Gasteiger partial charge in [-0.1, -0.05) is 15.9 Å². The van der Waals surface area contributed by atoms with Crippen LogP contribution in [-0.2, 0) is 0 Å². The van der Waals surface area contributed by atoms with Crippen LogP contribution in [0.2, 0.25) is 0 Å². The Balaban J connectivity index is 1.93. The summed E-state index contributed by atoms with van der Waals surface area (Å²) in [5.74, 6) is 0.0327. The van der Waals surface area contributed by atoms with Crippen LogP contribution in [0, 0.1) is 13.8 Å². The van der Waals surface area contributed by atoms with Gasteiger partial charge in [-0.15, -0.1) is 0 Å². The van der Waals surface area contributed by atoms with Gasteiger partial charge in [0.15, 0.2) is 5.76 Å². The van der Waals surface area contributed by atoms with Crippen molar-refractivity contribution in [2.24, 2.45) is 0 Å². The standard InChI is InChI=1S/C15H13BrN2O2/c1-9-3-4-10(2)18(9)17-15(19)14-8-11-7-12(16)5-6-13(11)20-14/h3-8H,1-2H3,(H,17,19). The van der Waals surface area contributed by atoms with Gasteiger partial charge < -0.3 is 4.42 Å².